The molecule has 31 heavy (non-hydrogen) atoms. The number of rotatable bonds is 10. The van der Waals surface area contributed by atoms with Crippen molar-refractivity contribution in [3.63, 3.8) is 0 Å². The SMILES string of the molecule is CCNC(=NCc1ccccc1CN1CCOCC1)NCCCCN1CCN(C)CC1. The summed E-state index contributed by atoms with van der Waals surface area (Å²) < 4.78 is 5.48. The van der Waals surface area contributed by atoms with Crippen molar-refractivity contribution in [3.8, 4) is 0 Å². The van der Waals surface area contributed by atoms with E-state index >= 15 is 0 Å². The third-order valence-electron chi connectivity index (χ3n) is 6.16. The van der Waals surface area contributed by atoms with E-state index in [1.54, 1.807) is 0 Å². The summed E-state index contributed by atoms with van der Waals surface area (Å²) >= 11 is 0. The quantitative estimate of drug-likeness (QED) is 0.334. The number of hydrogen-bond donors (Lipinski definition) is 2. The third kappa shape index (κ3) is 8.77. The molecule has 2 fully saturated rings. The number of guanidine groups is 1. The van der Waals surface area contributed by atoms with Gasteiger partial charge in [0, 0.05) is 58.9 Å². The maximum atomic E-state index is 5.48. The van der Waals surface area contributed by atoms with Crippen molar-refractivity contribution in [1.82, 2.24) is 25.3 Å². The van der Waals surface area contributed by atoms with Gasteiger partial charge < -0.3 is 25.2 Å². The van der Waals surface area contributed by atoms with Gasteiger partial charge in [0.05, 0.1) is 19.8 Å². The van der Waals surface area contributed by atoms with Gasteiger partial charge >= 0.3 is 0 Å². The summed E-state index contributed by atoms with van der Waals surface area (Å²) in [5, 5.41) is 6.92. The molecule has 0 spiro atoms. The molecule has 174 valence electrons. The molecule has 0 amide bonds. The zero-order valence-electron chi connectivity index (χ0n) is 19.6. The number of likely N-dealkylation sites (N-methyl/N-ethyl adjacent to an activating group) is 1. The number of ether oxygens (including phenoxy) is 1. The molecule has 0 radical (unpaired) electrons. The zero-order valence-corrected chi connectivity index (χ0v) is 19.6. The number of nitrogens with zero attached hydrogens (tertiary/aromatic N) is 4. The van der Waals surface area contributed by atoms with E-state index in [1.807, 2.05) is 0 Å². The molecular formula is C24H42N6O. The van der Waals surface area contributed by atoms with Gasteiger partial charge in [-0.2, -0.15) is 0 Å². The summed E-state index contributed by atoms with van der Waals surface area (Å²) in [5.74, 6) is 0.920. The van der Waals surface area contributed by atoms with E-state index in [0.29, 0.717) is 6.54 Å². The van der Waals surface area contributed by atoms with Crippen LogP contribution >= 0.6 is 0 Å². The molecule has 0 aliphatic carbocycles. The topological polar surface area (TPSA) is 55.4 Å². The molecule has 2 aliphatic heterocycles. The Morgan fingerprint density at radius 1 is 0.935 bits per heavy atom. The van der Waals surface area contributed by atoms with E-state index in [1.165, 1.54) is 56.7 Å². The fourth-order valence-electron chi connectivity index (χ4n) is 4.11. The van der Waals surface area contributed by atoms with Gasteiger partial charge in [-0.1, -0.05) is 24.3 Å². The first kappa shape index (κ1) is 24.0. The van der Waals surface area contributed by atoms with Crippen molar-refractivity contribution in [3.05, 3.63) is 35.4 Å². The van der Waals surface area contributed by atoms with Crippen molar-refractivity contribution in [2.45, 2.75) is 32.9 Å². The van der Waals surface area contributed by atoms with Gasteiger partial charge in [0.1, 0.15) is 0 Å². The lowest BCUT2D eigenvalue weighted by Gasteiger charge is -2.32. The second kappa shape index (κ2) is 13.7. The van der Waals surface area contributed by atoms with Crippen LogP contribution in [0.2, 0.25) is 0 Å². The van der Waals surface area contributed by atoms with E-state index in [-0.39, 0.29) is 0 Å². The Morgan fingerprint density at radius 2 is 1.68 bits per heavy atom. The van der Waals surface area contributed by atoms with Gasteiger partial charge in [0.15, 0.2) is 5.96 Å². The molecule has 2 saturated heterocycles. The molecule has 0 unspecified atom stereocenters. The summed E-state index contributed by atoms with van der Waals surface area (Å²) in [6, 6.07) is 8.69. The highest BCUT2D eigenvalue weighted by atomic mass is 16.5. The highest BCUT2D eigenvalue weighted by Gasteiger charge is 2.13. The lowest BCUT2D eigenvalue weighted by atomic mass is 10.1. The molecule has 1 aromatic carbocycles. The smallest absolute Gasteiger partial charge is 0.191 e. The summed E-state index contributed by atoms with van der Waals surface area (Å²) in [4.78, 5) is 12.3. The maximum absolute atomic E-state index is 5.48. The number of aliphatic imine (C=N–C) groups is 1. The van der Waals surface area contributed by atoms with Crippen LogP contribution in [0, 0.1) is 0 Å². The van der Waals surface area contributed by atoms with Gasteiger partial charge in [-0.15, -0.1) is 0 Å². The molecule has 0 aromatic heterocycles. The number of morpholine rings is 1. The predicted molar refractivity (Wildman–Crippen MR) is 129 cm³/mol. The standard InChI is InChI=1S/C24H42N6O/c1-3-25-24(26-10-6-7-11-29-14-12-28(2)13-15-29)27-20-22-8-4-5-9-23(22)21-30-16-18-31-19-17-30/h4-5,8-9H,3,6-7,10-21H2,1-2H3,(H2,25,26,27). The Bertz CT molecular complexity index is 653. The molecule has 2 aliphatic rings. The highest BCUT2D eigenvalue weighted by molar-refractivity contribution is 5.79. The molecule has 2 heterocycles. The Morgan fingerprint density at radius 3 is 2.42 bits per heavy atom. The number of unbranched alkanes of at least 4 members (excludes halogenated alkanes) is 1. The minimum atomic E-state index is 0.705. The van der Waals surface area contributed by atoms with E-state index in [4.69, 9.17) is 9.73 Å². The largest absolute Gasteiger partial charge is 0.379 e. The van der Waals surface area contributed by atoms with Crippen LogP contribution < -0.4 is 10.6 Å². The van der Waals surface area contributed by atoms with Crippen LogP contribution in [-0.4, -0.2) is 99.8 Å². The molecule has 0 bridgehead atoms. The lowest BCUT2D eigenvalue weighted by Crippen LogP contribution is -2.44. The summed E-state index contributed by atoms with van der Waals surface area (Å²) in [6.07, 6.45) is 2.41. The van der Waals surface area contributed by atoms with Gasteiger partial charge in [-0.05, 0) is 44.5 Å². The summed E-state index contributed by atoms with van der Waals surface area (Å²) in [7, 11) is 2.21. The van der Waals surface area contributed by atoms with Crippen LogP contribution in [0.3, 0.4) is 0 Å². The van der Waals surface area contributed by atoms with Gasteiger partial charge in [0.25, 0.3) is 0 Å². The number of piperazine rings is 1. The van der Waals surface area contributed by atoms with Crippen molar-refractivity contribution in [2.24, 2.45) is 4.99 Å². The molecule has 1 aromatic rings. The first-order chi connectivity index (χ1) is 15.2. The van der Waals surface area contributed by atoms with Crippen molar-refractivity contribution < 1.29 is 4.74 Å². The van der Waals surface area contributed by atoms with Crippen LogP contribution in [-0.2, 0) is 17.8 Å². The molecule has 7 nitrogen and oxygen atoms in total. The summed E-state index contributed by atoms with van der Waals surface area (Å²) in [5.41, 5.74) is 2.68. The Hall–Kier alpha value is -1.67. The van der Waals surface area contributed by atoms with Gasteiger partial charge in [-0.25, -0.2) is 4.99 Å². The predicted octanol–water partition coefficient (Wildman–Crippen LogP) is 1.60. The van der Waals surface area contributed by atoms with Crippen molar-refractivity contribution in [1.29, 1.82) is 0 Å². The van der Waals surface area contributed by atoms with Crippen LogP contribution in [0.1, 0.15) is 30.9 Å². The van der Waals surface area contributed by atoms with E-state index in [2.05, 4.69) is 63.6 Å². The van der Waals surface area contributed by atoms with E-state index in [9.17, 15) is 0 Å². The second-order valence-electron chi connectivity index (χ2n) is 8.63. The minimum Gasteiger partial charge on any atom is -0.379 e. The maximum Gasteiger partial charge on any atom is 0.191 e. The zero-order chi connectivity index (χ0) is 21.7. The van der Waals surface area contributed by atoms with Crippen LogP contribution in [0.25, 0.3) is 0 Å². The number of nitrogens with one attached hydrogen (secondary N) is 2. The normalized spacial score (nSPS) is 19.5. The van der Waals surface area contributed by atoms with E-state index < -0.39 is 0 Å². The molecule has 2 N–H and O–H groups in total. The third-order valence-corrected chi connectivity index (χ3v) is 6.16. The fourth-order valence-corrected chi connectivity index (χ4v) is 4.11. The molecule has 7 heteroatoms. The molecule has 3 rings (SSSR count). The van der Waals surface area contributed by atoms with Crippen LogP contribution in [0.4, 0.5) is 0 Å². The van der Waals surface area contributed by atoms with Gasteiger partial charge in [0.2, 0.25) is 0 Å². The Kier molecular flexibility index (Phi) is 10.6. The highest BCUT2D eigenvalue weighted by Crippen LogP contribution is 2.14. The van der Waals surface area contributed by atoms with Crippen molar-refractivity contribution >= 4 is 5.96 Å². The first-order valence-electron chi connectivity index (χ1n) is 12.0. The average Bonchev–Trinajstić information content (AvgIpc) is 2.80. The number of hydrogen-bond acceptors (Lipinski definition) is 5. The van der Waals surface area contributed by atoms with Gasteiger partial charge in [-0.3, -0.25) is 4.90 Å². The molecule has 0 atom stereocenters. The Labute approximate surface area is 188 Å². The monoisotopic (exact) mass is 430 g/mol. The lowest BCUT2D eigenvalue weighted by molar-refractivity contribution is 0.0341. The van der Waals surface area contributed by atoms with Crippen LogP contribution in [0.5, 0.6) is 0 Å². The summed E-state index contributed by atoms with van der Waals surface area (Å²) in [6.45, 7) is 15.4. The number of benzene rings is 1. The first-order valence-corrected chi connectivity index (χ1v) is 12.0. The van der Waals surface area contributed by atoms with Crippen molar-refractivity contribution in [2.75, 3.05) is 79.2 Å². The molecular weight excluding hydrogens is 388 g/mol. The van der Waals surface area contributed by atoms with E-state index in [0.717, 1.165) is 51.9 Å². The Balaban J connectivity index is 1.42. The second-order valence-corrected chi connectivity index (χ2v) is 8.63. The minimum absolute atomic E-state index is 0.705. The van der Waals surface area contributed by atoms with Crippen LogP contribution in [0.15, 0.2) is 29.3 Å². The average molecular weight is 431 g/mol. The fraction of sp³-hybridized carbons (Fsp3) is 0.708. The molecule has 0 saturated carbocycles.